The highest BCUT2D eigenvalue weighted by Gasteiger charge is 2.10. The van der Waals surface area contributed by atoms with Gasteiger partial charge < -0.3 is 18.9 Å². The maximum Gasteiger partial charge on any atom is 0.271 e. The first-order valence-corrected chi connectivity index (χ1v) is 10.2. The lowest BCUT2D eigenvalue weighted by molar-refractivity contribution is 0.0955. The first-order chi connectivity index (χ1) is 15.7. The molecule has 32 heavy (non-hydrogen) atoms. The molecule has 0 radical (unpaired) electrons. The van der Waals surface area contributed by atoms with E-state index in [2.05, 4.69) is 10.5 Å². The summed E-state index contributed by atoms with van der Waals surface area (Å²) in [7, 11) is 3.18. The Kier molecular flexibility index (Phi) is 8.50. The molecule has 7 nitrogen and oxygen atoms in total. The predicted octanol–water partition coefficient (Wildman–Crippen LogP) is 4.32. The van der Waals surface area contributed by atoms with Gasteiger partial charge in [-0.2, -0.15) is 5.10 Å². The molecule has 3 aromatic carbocycles. The minimum atomic E-state index is -0.291. The Morgan fingerprint density at radius 3 is 2.22 bits per heavy atom. The van der Waals surface area contributed by atoms with Crippen LogP contribution >= 0.6 is 0 Å². The molecule has 3 rings (SSSR count). The Balaban J connectivity index is 1.56. The smallest absolute Gasteiger partial charge is 0.271 e. The summed E-state index contributed by atoms with van der Waals surface area (Å²) in [5, 5.41) is 4.06. The minimum Gasteiger partial charge on any atom is -0.493 e. The lowest BCUT2D eigenvalue weighted by Crippen LogP contribution is -2.17. The molecular weight excluding hydrogens is 408 g/mol. The number of nitrogens with one attached hydrogen (secondary N) is 1. The molecule has 0 spiro atoms. The summed E-state index contributed by atoms with van der Waals surface area (Å²) in [6.45, 7) is 0.874. The van der Waals surface area contributed by atoms with Gasteiger partial charge in [-0.25, -0.2) is 5.43 Å². The fourth-order valence-electron chi connectivity index (χ4n) is 2.92. The molecular formula is C25H26N2O5. The molecule has 166 valence electrons. The summed E-state index contributed by atoms with van der Waals surface area (Å²) in [4.78, 5) is 12.1. The van der Waals surface area contributed by atoms with Crippen molar-refractivity contribution in [2.24, 2.45) is 5.10 Å². The van der Waals surface area contributed by atoms with Crippen LogP contribution in [0.3, 0.4) is 0 Å². The van der Waals surface area contributed by atoms with Crippen molar-refractivity contribution in [3.63, 3.8) is 0 Å². The third-order valence-corrected chi connectivity index (χ3v) is 4.50. The van der Waals surface area contributed by atoms with E-state index in [-0.39, 0.29) is 5.91 Å². The number of amides is 1. The van der Waals surface area contributed by atoms with E-state index in [1.807, 2.05) is 42.5 Å². The average molecular weight is 434 g/mol. The monoisotopic (exact) mass is 434 g/mol. The van der Waals surface area contributed by atoms with E-state index in [9.17, 15) is 4.79 Å². The van der Waals surface area contributed by atoms with Crippen LogP contribution in [0.2, 0.25) is 0 Å². The van der Waals surface area contributed by atoms with E-state index < -0.39 is 0 Å². The number of hydrazone groups is 1. The lowest BCUT2D eigenvalue weighted by atomic mass is 10.2. The molecule has 0 unspecified atom stereocenters. The van der Waals surface area contributed by atoms with Gasteiger partial charge in [0.1, 0.15) is 0 Å². The van der Waals surface area contributed by atoms with E-state index in [1.165, 1.54) is 6.21 Å². The van der Waals surface area contributed by atoms with Crippen molar-refractivity contribution in [2.75, 3.05) is 27.4 Å². The Bertz CT molecular complexity index is 1040. The Hall–Kier alpha value is -4.00. The second-order valence-corrected chi connectivity index (χ2v) is 6.65. The van der Waals surface area contributed by atoms with Crippen LogP contribution in [0.5, 0.6) is 23.0 Å². The van der Waals surface area contributed by atoms with Gasteiger partial charge in [-0.3, -0.25) is 4.79 Å². The Morgan fingerprint density at radius 1 is 0.812 bits per heavy atom. The number of rotatable bonds is 11. The third-order valence-electron chi connectivity index (χ3n) is 4.50. The number of hydrogen-bond acceptors (Lipinski definition) is 6. The molecule has 0 aliphatic rings. The maximum atomic E-state index is 12.1. The summed E-state index contributed by atoms with van der Waals surface area (Å²) in [6, 6.07) is 21.8. The van der Waals surface area contributed by atoms with Crippen LogP contribution in [0.4, 0.5) is 0 Å². The standard InChI is InChI=1S/C25H26N2O5/c1-29-21-13-6-7-14-22(21)31-16-9-17-32-24-20(12-8-15-23(24)30-2)18-26-27-25(28)19-10-4-3-5-11-19/h3-8,10-15,18H,9,16-17H2,1-2H3,(H,27,28)/b26-18-. The highest BCUT2D eigenvalue weighted by atomic mass is 16.5. The van der Waals surface area contributed by atoms with Crippen LogP contribution in [0, 0.1) is 0 Å². The number of hydrogen-bond donors (Lipinski definition) is 1. The van der Waals surface area contributed by atoms with Crippen molar-refractivity contribution in [1.29, 1.82) is 0 Å². The van der Waals surface area contributed by atoms with Crippen molar-refractivity contribution in [3.8, 4) is 23.0 Å². The Morgan fingerprint density at radius 2 is 1.47 bits per heavy atom. The van der Waals surface area contributed by atoms with Crippen molar-refractivity contribution >= 4 is 12.1 Å². The first-order valence-electron chi connectivity index (χ1n) is 10.2. The molecule has 0 aliphatic carbocycles. The molecule has 7 heteroatoms. The van der Waals surface area contributed by atoms with Crippen molar-refractivity contribution < 1.29 is 23.7 Å². The minimum absolute atomic E-state index is 0.291. The molecule has 0 saturated carbocycles. The molecule has 0 saturated heterocycles. The largest absolute Gasteiger partial charge is 0.493 e. The van der Waals surface area contributed by atoms with Gasteiger partial charge in [0, 0.05) is 17.5 Å². The second-order valence-electron chi connectivity index (χ2n) is 6.65. The number of benzene rings is 3. The van der Waals surface area contributed by atoms with Crippen molar-refractivity contribution in [2.45, 2.75) is 6.42 Å². The molecule has 0 bridgehead atoms. The van der Waals surface area contributed by atoms with Crippen LogP contribution in [0.15, 0.2) is 77.9 Å². The number of carbonyl (C=O) groups is 1. The number of carbonyl (C=O) groups excluding carboxylic acids is 1. The van der Waals surface area contributed by atoms with Crippen molar-refractivity contribution in [1.82, 2.24) is 5.43 Å². The van der Waals surface area contributed by atoms with Gasteiger partial charge in [0.25, 0.3) is 5.91 Å². The lowest BCUT2D eigenvalue weighted by Gasteiger charge is -2.14. The molecule has 0 aromatic heterocycles. The van der Waals surface area contributed by atoms with Gasteiger partial charge in [-0.15, -0.1) is 0 Å². The van der Waals surface area contributed by atoms with E-state index in [4.69, 9.17) is 18.9 Å². The fourth-order valence-corrected chi connectivity index (χ4v) is 2.92. The topological polar surface area (TPSA) is 78.4 Å². The maximum absolute atomic E-state index is 12.1. The predicted molar refractivity (Wildman–Crippen MR) is 123 cm³/mol. The number of para-hydroxylation sites is 3. The Labute approximate surface area is 187 Å². The van der Waals surface area contributed by atoms with E-state index in [0.29, 0.717) is 53.8 Å². The molecule has 1 amide bonds. The zero-order valence-electron chi connectivity index (χ0n) is 18.1. The first kappa shape index (κ1) is 22.7. The number of methoxy groups -OCH3 is 2. The molecule has 1 N–H and O–H groups in total. The zero-order valence-corrected chi connectivity index (χ0v) is 18.1. The normalized spacial score (nSPS) is 10.6. The van der Waals surface area contributed by atoms with Gasteiger partial charge in [0.2, 0.25) is 0 Å². The van der Waals surface area contributed by atoms with Crippen LogP contribution in [0.25, 0.3) is 0 Å². The van der Waals surface area contributed by atoms with E-state index in [0.717, 1.165) is 0 Å². The second kappa shape index (κ2) is 12.0. The molecule has 0 atom stereocenters. The molecule has 0 fully saturated rings. The van der Waals surface area contributed by atoms with E-state index in [1.54, 1.807) is 44.6 Å². The number of ether oxygens (including phenoxy) is 4. The summed E-state index contributed by atoms with van der Waals surface area (Å²) >= 11 is 0. The molecule has 0 aliphatic heterocycles. The van der Waals surface area contributed by atoms with Gasteiger partial charge in [-0.05, 0) is 36.4 Å². The summed E-state index contributed by atoms with van der Waals surface area (Å²) in [6.07, 6.45) is 2.18. The SMILES string of the molecule is COc1ccccc1OCCCOc1c(/C=N\NC(=O)c2ccccc2)cccc1OC. The quantitative estimate of drug-likeness (QED) is 0.276. The molecule has 0 heterocycles. The zero-order chi connectivity index (χ0) is 22.6. The average Bonchev–Trinajstić information content (AvgIpc) is 2.85. The van der Waals surface area contributed by atoms with Crippen LogP contribution in [-0.2, 0) is 0 Å². The van der Waals surface area contributed by atoms with Gasteiger partial charge in [-0.1, -0.05) is 36.4 Å². The van der Waals surface area contributed by atoms with Gasteiger partial charge in [0.15, 0.2) is 23.0 Å². The van der Waals surface area contributed by atoms with E-state index >= 15 is 0 Å². The highest BCUT2D eigenvalue weighted by molar-refractivity contribution is 5.95. The summed E-state index contributed by atoms with van der Waals surface area (Å²) < 4.78 is 22.4. The third kappa shape index (κ3) is 6.25. The summed E-state index contributed by atoms with van der Waals surface area (Å²) in [5.41, 5.74) is 3.73. The van der Waals surface area contributed by atoms with Crippen molar-refractivity contribution in [3.05, 3.63) is 83.9 Å². The molecule has 3 aromatic rings. The number of nitrogens with zero attached hydrogens (tertiary/aromatic N) is 1. The van der Waals surface area contributed by atoms with Gasteiger partial charge in [0.05, 0.1) is 33.6 Å². The van der Waals surface area contributed by atoms with Crippen LogP contribution in [-0.4, -0.2) is 39.6 Å². The fraction of sp³-hybridized carbons (Fsp3) is 0.200. The highest BCUT2D eigenvalue weighted by Crippen LogP contribution is 2.30. The van der Waals surface area contributed by atoms with Crippen LogP contribution in [0.1, 0.15) is 22.3 Å². The van der Waals surface area contributed by atoms with Gasteiger partial charge >= 0.3 is 0 Å². The van der Waals surface area contributed by atoms with Crippen LogP contribution < -0.4 is 24.4 Å². The summed E-state index contributed by atoms with van der Waals surface area (Å²) in [5.74, 6) is 2.21.